The van der Waals surface area contributed by atoms with Crippen LogP contribution in [-0.4, -0.2) is 35.1 Å². The first-order valence-electron chi connectivity index (χ1n) is 10.6. The van der Waals surface area contributed by atoms with Crippen LogP contribution in [0, 0.1) is 11.6 Å². The third-order valence-corrected chi connectivity index (χ3v) is 5.89. The number of carbonyl (C=O) groups excluding carboxylic acids is 2. The minimum atomic E-state index is -0.622. The van der Waals surface area contributed by atoms with Crippen molar-refractivity contribution in [2.24, 2.45) is 0 Å². The highest BCUT2D eigenvalue weighted by molar-refractivity contribution is 7.99. The van der Waals surface area contributed by atoms with Crippen molar-refractivity contribution in [3.8, 4) is 0 Å². The minimum Gasteiger partial charge on any atom is -0.354 e. The second kappa shape index (κ2) is 13.1. The second-order valence-electron chi connectivity index (χ2n) is 7.30. The van der Waals surface area contributed by atoms with Gasteiger partial charge in [0, 0.05) is 18.8 Å². The molecule has 2 aromatic carbocycles. The summed E-state index contributed by atoms with van der Waals surface area (Å²) in [6.45, 7) is 4.67. The number of amides is 2. The lowest BCUT2D eigenvalue weighted by Crippen LogP contribution is -2.49. The second-order valence-corrected chi connectivity index (χ2v) is 8.29. The van der Waals surface area contributed by atoms with Crippen molar-refractivity contribution in [1.82, 2.24) is 10.2 Å². The van der Waals surface area contributed by atoms with Crippen LogP contribution in [0.5, 0.6) is 0 Å². The number of thioether (sulfide) groups is 1. The maximum absolute atomic E-state index is 13.8. The SMILES string of the molecule is CCCCNC(=O)C(CC)N(Cc1ccc(F)cc1)C(=O)CSCc1ccccc1F. The van der Waals surface area contributed by atoms with Gasteiger partial charge in [-0.05, 0) is 42.2 Å². The maximum atomic E-state index is 13.8. The van der Waals surface area contributed by atoms with Gasteiger partial charge < -0.3 is 10.2 Å². The van der Waals surface area contributed by atoms with E-state index in [0.717, 1.165) is 18.4 Å². The topological polar surface area (TPSA) is 49.4 Å². The minimum absolute atomic E-state index is 0.119. The molecule has 0 aliphatic rings. The Morgan fingerprint density at radius 3 is 2.42 bits per heavy atom. The highest BCUT2D eigenvalue weighted by atomic mass is 32.2. The number of hydrogen-bond acceptors (Lipinski definition) is 3. The van der Waals surface area contributed by atoms with E-state index < -0.39 is 6.04 Å². The van der Waals surface area contributed by atoms with E-state index in [1.54, 1.807) is 35.2 Å². The molecule has 0 aliphatic heterocycles. The quantitative estimate of drug-likeness (QED) is 0.469. The Hall–Kier alpha value is -2.41. The Morgan fingerprint density at radius 1 is 1.06 bits per heavy atom. The molecule has 1 unspecified atom stereocenters. The number of hydrogen-bond donors (Lipinski definition) is 1. The van der Waals surface area contributed by atoms with Crippen molar-refractivity contribution < 1.29 is 18.4 Å². The Kier molecular flexibility index (Phi) is 10.5. The van der Waals surface area contributed by atoms with Gasteiger partial charge in [-0.2, -0.15) is 0 Å². The zero-order chi connectivity index (χ0) is 22.6. The predicted octanol–water partition coefficient (Wildman–Crippen LogP) is 4.92. The monoisotopic (exact) mass is 448 g/mol. The van der Waals surface area contributed by atoms with Crippen LogP contribution in [0.4, 0.5) is 8.78 Å². The first kappa shape index (κ1) is 24.9. The van der Waals surface area contributed by atoms with Crippen molar-refractivity contribution in [1.29, 1.82) is 0 Å². The third-order valence-electron chi connectivity index (χ3n) is 4.92. The average molecular weight is 449 g/mol. The Morgan fingerprint density at radius 2 is 1.77 bits per heavy atom. The van der Waals surface area contributed by atoms with E-state index >= 15 is 0 Å². The molecule has 31 heavy (non-hydrogen) atoms. The Balaban J connectivity index is 2.10. The lowest BCUT2D eigenvalue weighted by Gasteiger charge is -2.30. The van der Waals surface area contributed by atoms with Crippen LogP contribution in [0.15, 0.2) is 48.5 Å². The van der Waals surface area contributed by atoms with Gasteiger partial charge in [0.05, 0.1) is 5.75 Å². The summed E-state index contributed by atoms with van der Waals surface area (Å²) in [6.07, 6.45) is 2.29. The summed E-state index contributed by atoms with van der Waals surface area (Å²) < 4.78 is 27.1. The van der Waals surface area contributed by atoms with Crippen LogP contribution < -0.4 is 5.32 Å². The number of rotatable bonds is 12. The number of nitrogens with zero attached hydrogens (tertiary/aromatic N) is 1. The number of carbonyl (C=O) groups is 2. The number of nitrogens with one attached hydrogen (secondary N) is 1. The molecule has 0 fully saturated rings. The van der Waals surface area contributed by atoms with E-state index in [2.05, 4.69) is 5.32 Å². The van der Waals surface area contributed by atoms with Gasteiger partial charge in [-0.3, -0.25) is 9.59 Å². The molecule has 4 nitrogen and oxygen atoms in total. The van der Waals surface area contributed by atoms with Crippen molar-refractivity contribution in [2.75, 3.05) is 12.3 Å². The molecule has 0 aromatic heterocycles. The lowest BCUT2D eigenvalue weighted by molar-refractivity contribution is -0.139. The standard InChI is InChI=1S/C24H30F2N2O2S/c1-3-5-14-27-24(30)22(4-2)28(15-18-10-12-20(25)13-11-18)23(29)17-31-16-19-8-6-7-9-21(19)26/h6-13,22H,3-5,14-17H2,1-2H3,(H,27,30). The highest BCUT2D eigenvalue weighted by Gasteiger charge is 2.28. The molecular weight excluding hydrogens is 418 g/mol. The van der Waals surface area contributed by atoms with Crippen molar-refractivity contribution >= 4 is 23.6 Å². The van der Waals surface area contributed by atoms with Crippen molar-refractivity contribution in [3.05, 3.63) is 71.3 Å². The van der Waals surface area contributed by atoms with Gasteiger partial charge in [0.2, 0.25) is 11.8 Å². The molecule has 0 bridgehead atoms. The summed E-state index contributed by atoms with van der Waals surface area (Å²) in [7, 11) is 0. The van der Waals surface area contributed by atoms with Gasteiger partial charge in [0.15, 0.2) is 0 Å². The van der Waals surface area contributed by atoms with Gasteiger partial charge in [-0.15, -0.1) is 11.8 Å². The largest absolute Gasteiger partial charge is 0.354 e. The Labute approximate surface area is 187 Å². The molecule has 0 saturated carbocycles. The zero-order valence-electron chi connectivity index (χ0n) is 18.1. The Bertz CT molecular complexity index is 846. The average Bonchev–Trinajstić information content (AvgIpc) is 2.76. The van der Waals surface area contributed by atoms with Gasteiger partial charge >= 0.3 is 0 Å². The van der Waals surface area contributed by atoms with E-state index in [4.69, 9.17) is 0 Å². The van der Waals surface area contributed by atoms with Crippen LogP contribution in [0.1, 0.15) is 44.2 Å². The molecule has 2 rings (SSSR count). The van der Waals surface area contributed by atoms with Crippen LogP contribution in [0.3, 0.4) is 0 Å². The van der Waals surface area contributed by atoms with E-state index in [0.29, 0.717) is 24.3 Å². The molecule has 168 valence electrons. The van der Waals surface area contributed by atoms with Gasteiger partial charge in [-0.25, -0.2) is 8.78 Å². The van der Waals surface area contributed by atoms with Crippen LogP contribution in [0.25, 0.3) is 0 Å². The van der Waals surface area contributed by atoms with Gasteiger partial charge in [0.25, 0.3) is 0 Å². The van der Waals surface area contributed by atoms with Crippen LogP contribution in [-0.2, 0) is 21.9 Å². The lowest BCUT2D eigenvalue weighted by atomic mass is 10.1. The molecule has 0 aliphatic carbocycles. The summed E-state index contributed by atoms with van der Waals surface area (Å²) in [6, 6.07) is 11.8. The van der Waals surface area contributed by atoms with Crippen molar-refractivity contribution in [3.63, 3.8) is 0 Å². The normalized spacial score (nSPS) is 11.7. The summed E-state index contributed by atoms with van der Waals surface area (Å²) in [4.78, 5) is 27.4. The molecular formula is C24H30F2N2O2S. The van der Waals surface area contributed by atoms with Crippen LogP contribution >= 0.6 is 11.8 Å². The molecule has 2 aromatic rings. The third kappa shape index (κ3) is 7.98. The predicted molar refractivity (Wildman–Crippen MR) is 122 cm³/mol. The molecule has 0 saturated heterocycles. The van der Waals surface area contributed by atoms with E-state index in [-0.39, 0.29) is 35.7 Å². The first-order valence-corrected chi connectivity index (χ1v) is 11.7. The fourth-order valence-corrected chi connectivity index (χ4v) is 4.06. The molecule has 7 heteroatoms. The number of unbranched alkanes of at least 4 members (excludes halogenated alkanes) is 1. The molecule has 1 atom stereocenters. The summed E-state index contributed by atoms with van der Waals surface area (Å²) in [5.41, 5.74) is 1.28. The van der Waals surface area contributed by atoms with E-state index in [1.165, 1.54) is 30.0 Å². The van der Waals surface area contributed by atoms with Gasteiger partial charge in [0.1, 0.15) is 17.7 Å². The van der Waals surface area contributed by atoms with Crippen LogP contribution in [0.2, 0.25) is 0 Å². The molecule has 0 spiro atoms. The van der Waals surface area contributed by atoms with Crippen molar-refractivity contribution in [2.45, 2.75) is 51.4 Å². The molecule has 1 N–H and O–H groups in total. The fourth-order valence-electron chi connectivity index (χ4n) is 3.16. The van der Waals surface area contributed by atoms with Gasteiger partial charge in [-0.1, -0.05) is 50.6 Å². The first-order chi connectivity index (χ1) is 15.0. The number of benzene rings is 2. The zero-order valence-corrected chi connectivity index (χ0v) is 18.9. The maximum Gasteiger partial charge on any atom is 0.242 e. The van der Waals surface area contributed by atoms with E-state index in [1.807, 2.05) is 13.8 Å². The van der Waals surface area contributed by atoms with E-state index in [9.17, 15) is 18.4 Å². The molecule has 0 radical (unpaired) electrons. The fraction of sp³-hybridized carbons (Fsp3) is 0.417. The highest BCUT2D eigenvalue weighted by Crippen LogP contribution is 2.19. The number of halogens is 2. The molecule has 0 heterocycles. The summed E-state index contributed by atoms with van der Waals surface area (Å²) >= 11 is 1.31. The summed E-state index contributed by atoms with van der Waals surface area (Å²) in [5, 5.41) is 2.91. The smallest absolute Gasteiger partial charge is 0.242 e. The molecule has 2 amide bonds. The summed E-state index contributed by atoms with van der Waals surface area (Å²) in [5.74, 6) is -0.566.